The second kappa shape index (κ2) is 12.9. The lowest BCUT2D eigenvalue weighted by Gasteiger charge is -2.40. The Balaban J connectivity index is 1.50. The van der Waals surface area contributed by atoms with Gasteiger partial charge in [-0.15, -0.1) is 0 Å². The molecule has 0 spiro atoms. The number of aliphatic carboxylic acids is 1. The summed E-state index contributed by atoms with van der Waals surface area (Å²) >= 11 is 6.85. The number of halogens is 1. The summed E-state index contributed by atoms with van der Waals surface area (Å²) in [5.41, 5.74) is 4.63. The second-order valence-electron chi connectivity index (χ2n) is 10.1. The molecule has 5 heteroatoms. The average Bonchev–Trinajstić information content (AvgIpc) is 3.01. The van der Waals surface area contributed by atoms with Crippen molar-refractivity contribution in [3.05, 3.63) is 172 Å². The van der Waals surface area contributed by atoms with Crippen LogP contribution in [0.15, 0.2) is 133 Å². The molecule has 5 aromatic rings. The van der Waals surface area contributed by atoms with Crippen LogP contribution in [0.3, 0.4) is 0 Å². The van der Waals surface area contributed by atoms with Gasteiger partial charge in [-0.1, -0.05) is 132 Å². The fraction of sp³-hybridized carbons (Fsp3) is 0.139. The molecule has 0 radical (unpaired) electrons. The molecule has 0 heterocycles. The van der Waals surface area contributed by atoms with Gasteiger partial charge in [0.15, 0.2) is 0 Å². The zero-order chi connectivity index (χ0) is 28.7. The van der Waals surface area contributed by atoms with Crippen molar-refractivity contribution in [2.75, 3.05) is 0 Å². The molecule has 0 saturated carbocycles. The van der Waals surface area contributed by atoms with Gasteiger partial charge in [0.1, 0.15) is 18.4 Å². The number of benzene rings is 5. The van der Waals surface area contributed by atoms with Gasteiger partial charge < -0.3 is 9.84 Å². The Kier molecular flexibility index (Phi) is 8.83. The van der Waals surface area contributed by atoms with Gasteiger partial charge in [0.25, 0.3) is 0 Å². The fourth-order valence-electron chi connectivity index (χ4n) is 5.14. The largest absolute Gasteiger partial charge is 0.489 e. The van der Waals surface area contributed by atoms with Crippen LogP contribution in [0, 0.1) is 6.92 Å². The summed E-state index contributed by atoms with van der Waals surface area (Å²) < 4.78 is 5.93. The van der Waals surface area contributed by atoms with Gasteiger partial charge in [-0.2, -0.15) is 0 Å². The van der Waals surface area contributed by atoms with Crippen LogP contribution >= 0.6 is 11.6 Å². The van der Waals surface area contributed by atoms with E-state index >= 15 is 0 Å². The summed E-state index contributed by atoms with van der Waals surface area (Å²) in [7, 11) is 0. The predicted octanol–water partition coefficient (Wildman–Crippen LogP) is 7.80. The normalized spacial score (nSPS) is 13.2. The quantitative estimate of drug-likeness (QED) is 0.161. The third-order valence-corrected chi connectivity index (χ3v) is 7.60. The van der Waals surface area contributed by atoms with Crippen molar-refractivity contribution < 1.29 is 14.6 Å². The first-order chi connectivity index (χ1) is 20.0. The smallest absolute Gasteiger partial charge is 0.321 e. The highest BCUT2D eigenvalue weighted by molar-refractivity contribution is 6.31. The van der Waals surface area contributed by atoms with Crippen LogP contribution < -0.4 is 10.1 Å². The Morgan fingerprint density at radius 3 is 1.98 bits per heavy atom. The minimum atomic E-state index is -1.02. The first kappa shape index (κ1) is 28.2. The summed E-state index contributed by atoms with van der Waals surface area (Å²) in [4.78, 5) is 12.8. The van der Waals surface area contributed by atoms with E-state index in [9.17, 15) is 9.90 Å². The van der Waals surface area contributed by atoms with E-state index < -0.39 is 17.6 Å². The minimum absolute atomic E-state index is 0.263. The summed E-state index contributed by atoms with van der Waals surface area (Å²) in [6.45, 7) is 2.50. The van der Waals surface area contributed by atoms with E-state index in [1.165, 1.54) is 0 Å². The average molecular weight is 562 g/mol. The molecule has 5 rings (SSSR count). The first-order valence-electron chi connectivity index (χ1n) is 13.6. The fourth-order valence-corrected chi connectivity index (χ4v) is 5.42. The molecule has 0 bridgehead atoms. The number of carbonyl (C=O) groups is 1. The van der Waals surface area contributed by atoms with E-state index in [1.807, 2.05) is 140 Å². The van der Waals surface area contributed by atoms with Gasteiger partial charge in [0, 0.05) is 5.02 Å². The SMILES string of the molecule is Cc1ccc(C(N[C@@H](Cc2ccc(OCc3ccccc3)cc2)C(=O)O)(c2ccccc2)c2ccccc2Cl)cc1. The number of rotatable bonds is 11. The highest BCUT2D eigenvalue weighted by Crippen LogP contribution is 2.41. The highest BCUT2D eigenvalue weighted by Gasteiger charge is 2.41. The van der Waals surface area contributed by atoms with Gasteiger partial charge in [0.05, 0.1) is 5.54 Å². The number of nitrogens with one attached hydrogen (secondary N) is 1. The van der Waals surface area contributed by atoms with Crippen LogP contribution in [-0.4, -0.2) is 17.1 Å². The molecule has 1 unspecified atom stereocenters. The molecule has 0 aliphatic heterocycles. The zero-order valence-corrected chi connectivity index (χ0v) is 23.6. The van der Waals surface area contributed by atoms with E-state index in [4.69, 9.17) is 16.3 Å². The van der Waals surface area contributed by atoms with Gasteiger partial charge >= 0.3 is 5.97 Å². The van der Waals surface area contributed by atoms with Crippen molar-refractivity contribution in [1.82, 2.24) is 5.32 Å². The van der Waals surface area contributed by atoms with Crippen LogP contribution in [0.5, 0.6) is 5.75 Å². The molecule has 4 nitrogen and oxygen atoms in total. The molecule has 41 heavy (non-hydrogen) atoms. The molecule has 0 aliphatic carbocycles. The molecule has 206 valence electrons. The maximum Gasteiger partial charge on any atom is 0.321 e. The number of ether oxygens (including phenoxy) is 1. The minimum Gasteiger partial charge on any atom is -0.489 e. The lowest BCUT2D eigenvalue weighted by Crippen LogP contribution is -2.53. The van der Waals surface area contributed by atoms with E-state index in [-0.39, 0.29) is 6.42 Å². The van der Waals surface area contributed by atoms with Crippen molar-refractivity contribution in [2.45, 2.75) is 31.5 Å². The molecule has 0 aliphatic rings. The van der Waals surface area contributed by atoms with Gasteiger partial charge in [0.2, 0.25) is 0 Å². The summed E-state index contributed by atoms with van der Waals surface area (Å²) in [5, 5.41) is 14.6. The lowest BCUT2D eigenvalue weighted by molar-refractivity contribution is -0.139. The van der Waals surface area contributed by atoms with Crippen molar-refractivity contribution in [3.63, 3.8) is 0 Å². The summed E-state index contributed by atoms with van der Waals surface area (Å²) in [6.07, 6.45) is 0.263. The topological polar surface area (TPSA) is 58.6 Å². The van der Waals surface area contributed by atoms with Crippen molar-refractivity contribution >= 4 is 17.6 Å². The van der Waals surface area contributed by atoms with Gasteiger partial charge in [-0.25, -0.2) is 0 Å². The third-order valence-electron chi connectivity index (χ3n) is 7.27. The van der Waals surface area contributed by atoms with Crippen LogP contribution in [-0.2, 0) is 23.4 Å². The summed E-state index contributed by atoms with van der Waals surface area (Å²) in [6, 6.07) is 42.3. The molecule has 0 aromatic heterocycles. The van der Waals surface area contributed by atoms with Crippen LogP contribution in [0.4, 0.5) is 0 Å². The molecular formula is C36H32ClNO3. The molecule has 0 amide bonds. The molecular weight excluding hydrogens is 530 g/mol. The van der Waals surface area contributed by atoms with Crippen LogP contribution in [0.25, 0.3) is 0 Å². The van der Waals surface area contributed by atoms with Gasteiger partial charge in [-0.05, 0) is 59.4 Å². The number of carboxylic acids is 1. The van der Waals surface area contributed by atoms with Crippen molar-refractivity contribution in [1.29, 1.82) is 0 Å². The number of hydrogen-bond acceptors (Lipinski definition) is 3. The Hall–Kier alpha value is -4.38. The number of aryl methyl sites for hydroxylation is 1. The number of hydrogen-bond donors (Lipinski definition) is 2. The zero-order valence-electron chi connectivity index (χ0n) is 22.8. The highest BCUT2D eigenvalue weighted by atomic mass is 35.5. The van der Waals surface area contributed by atoms with E-state index in [0.29, 0.717) is 11.6 Å². The first-order valence-corrected chi connectivity index (χ1v) is 14.0. The standard InChI is InChI=1S/C36H32ClNO3/c1-26-16-20-30(21-17-26)36(29-12-6-3-7-13-29,32-14-8-9-15-33(32)37)38-34(35(39)40)24-27-18-22-31(23-19-27)41-25-28-10-4-2-5-11-28/h2-23,34,38H,24-25H2,1H3,(H,39,40)/t34-,36?/m0/s1. The monoisotopic (exact) mass is 561 g/mol. The molecule has 2 N–H and O–H groups in total. The Bertz CT molecular complexity index is 1570. The molecule has 5 aromatic carbocycles. The van der Waals surface area contributed by atoms with E-state index in [0.717, 1.165) is 39.1 Å². The summed E-state index contributed by atoms with van der Waals surface area (Å²) in [5.74, 6) is -0.222. The van der Waals surface area contributed by atoms with E-state index in [1.54, 1.807) is 0 Å². The second-order valence-corrected chi connectivity index (χ2v) is 10.5. The Morgan fingerprint density at radius 2 is 1.34 bits per heavy atom. The third kappa shape index (κ3) is 6.51. The molecule has 2 atom stereocenters. The Labute approximate surface area is 246 Å². The maximum atomic E-state index is 12.8. The maximum absolute atomic E-state index is 12.8. The van der Waals surface area contributed by atoms with Crippen LogP contribution in [0.1, 0.15) is 33.4 Å². The van der Waals surface area contributed by atoms with E-state index in [2.05, 4.69) is 5.32 Å². The van der Waals surface area contributed by atoms with Crippen molar-refractivity contribution in [3.8, 4) is 5.75 Å². The predicted molar refractivity (Wildman–Crippen MR) is 164 cm³/mol. The van der Waals surface area contributed by atoms with Crippen molar-refractivity contribution in [2.24, 2.45) is 0 Å². The lowest BCUT2D eigenvalue weighted by atomic mass is 9.76. The van der Waals surface area contributed by atoms with Gasteiger partial charge in [-0.3, -0.25) is 10.1 Å². The molecule has 0 fully saturated rings. The molecule has 0 saturated heterocycles. The van der Waals surface area contributed by atoms with Crippen LogP contribution in [0.2, 0.25) is 5.02 Å². The number of carboxylic acid groups (broad SMARTS) is 1. The Morgan fingerprint density at radius 1 is 0.756 bits per heavy atom.